The second-order valence-corrected chi connectivity index (χ2v) is 6.08. The predicted octanol–water partition coefficient (Wildman–Crippen LogP) is 2.11. The maximum absolute atomic E-state index is 11.9. The van der Waals surface area contributed by atoms with Crippen LogP contribution in [-0.2, 0) is 19.1 Å². The first kappa shape index (κ1) is 20.4. The van der Waals surface area contributed by atoms with Gasteiger partial charge < -0.3 is 10.1 Å². The van der Waals surface area contributed by atoms with Crippen molar-refractivity contribution in [2.75, 3.05) is 6.61 Å². The molecule has 2 aromatic carbocycles. The van der Waals surface area contributed by atoms with Gasteiger partial charge in [0.1, 0.15) is 0 Å². The molecule has 0 bridgehead atoms. The van der Waals surface area contributed by atoms with Crippen LogP contribution in [0.3, 0.4) is 0 Å². The van der Waals surface area contributed by atoms with Gasteiger partial charge in [-0.2, -0.15) is 0 Å². The van der Waals surface area contributed by atoms with E-state index in [1.807, 2.05) is 30.3 Å². The number of nitrogens with one attached hydrogen (secondary N) is 2. The van der Waals surface area contributed by atoms with Crippen molar-refractivity contribution >= 4 is 29.4 Å². The molecular formula is C19H20ClN3O4. The van der Waals surface area contributed by atoms with Gasteiger partial charge in [-0.25, -0.2) is 5.84 Å². The van der Waals surface area contributed by atoms with Crippen LogP contribution in [0.15, 0.2) is 48.5 Å². The van der Waals surface area contributed by atoms with E-state index in [4.69, 9.17) is 22.2 Å². The minimum absolute atomic E-state index is 0.117. The van der Waals surface area contributed by atoms with Crippen LogP contribution in [0.25, 0.3) is 11.1 Å². The van der Waals surface area contributed by atoms with Crippen LogP contribution in [0.5, 0.6) is 0 Å². The van der Waals surface area contributed by atoms with Gasteiger partial charge in [0.2, 0.25) is 0 Å². The van der Waals surface area contributed by atoms with Crippen LogP contribution < -0.4 is 16.6 Å². The Balaban J connectivity index is 2.24. The van der Waals surface area contributed by atoms with Crippen LogP contribution in [0.2, 0.25) is 5.02 Å². The third kappa shape index (κ3) is 5.80. The van der Waals surface area contributed by atoms with Gasteiger partial charge in [0.15, 0.2) is 0 Å². The van der Waals surface area contributed by atoms with Gasteiger partial charge in [-0.3, -0.25) is 19.8 Å². The maximum atomic E-state index is 11.9. The molecule has 0 aliphatic rings. The minimum Gasteiger partial charge on any atom is -0.466 e. The lowest BCUT2D eigenvalue weighted by molar-refractivity contribution is -0.144. The van der Waals surface area contributed by atoms with Crippen LogP contribution in [0, 0.1) is 0 Å². The number of hydrazine groups is 1. The highest BCUT2D eigenvalue weighted by Crippen LogP contribution is 2.25. The van der Waals surface area contributed by atoms with Crippen molar-refractivity contribution in [1.82, 2.24) is 10.7 Å². The van der Waals surface area contributed by atoms with Crippen molar-refractivity contribution in [1.29, 1.82) is 0 Å². The summed E-state index contributed by atoms with van der Waals surface area (Å²) in [6.45, 7) is 1.91. The van der Waals surface area contributed by atoms with Crippen molar-refractivity contribution in [2.45, 2.75) is 19.4 Å². The number of halogens is 1. The molecule has 0 radical (unpaired) electrons. The lowest BCUT2D eigenvalue weighted by atomic mass is 9.99. The summed E-state index contributed by atoms with van der Waals surface area (Å²) < 4.78 is 4.94. The molecule has 2 rings (SSSR count). The molecule has 0 fully saturated rings. The zero-order valence-electron chi connectivity index (χ0n) is 14.7. The number of benzene rings is 2. The summed E-state index contributed by atoms with van der Waals surface area (Å²) >= 11 is 6.02. The Labute approximate surface area is 161 Å². The fourth-order valence-corrected chi connectivity index (χ4v) is 2.69. The monoisotopic (exact) mass is 389 g/mol. The summed E-state index contributed by atoms with van der Waals surface area (Å²) in [4.78, 5) is 35.1. The molecule has 0 spiro atoms. The highest BCUT2D eigenvalue weighted by Gasteiger charge is 2.22. The Morgan fingerprint density at radius 2 is 1.78 bits per heavy atom. The summed E-state index contributed by atoms with van der Waals surface area (Å²) in [5.74, 6) is 2.54. The first-order valence-corrected chi connectivity index (χ1v) is 8.65. The largest absolute Gasteiger partial charge is 0.466 e. The molecule has 27 heavy (non-hydrogen) atoms. The molecule has 0 saturated carbocycles. The van der Waals surface area contributed by atoms with Gasteiger partial charge >= 0.3 is 17.8 Å². The third-order valence-electron chi connectivity index (χ3n) is 3.79. The quantitative estimate of drug-likeness (QED) is 0.230. The molecule has 7 nitrogen and oxygen atoms in total. The number of carbonyl (C=O) groups is 3. The van der Waals surface area contributed by atoms with Gasteiger partial charge in [0.25, 0.3) is 0 Å². The Hall–Kier alpha value is -2.90. The Morgan fingerprint density at radius 1 is 1.07 bits per heavy atom. The smallest absolute Gasteiger partial charge is 0.323 e. The average molecular weight is 390 g/mol. The predicted molar refractivity (Wildman–Crippen MR) is 101 cm³/mol. The number of rotatable bonds is 6. The number of hydrogen-bond acceptors (Lipinski definition) is 5. The molecule has 2 amide bonds. The van der Waals surface area contributed by atoms with Crippen molar-refractivity contribution in [3.05, 3.63) is 59.1 Å². The van der Waals surface area contributed by atoms with E-state index in [0.29, 0.717) is 10.6 Å². The maximum Gasteiger partial charge on any atom is 0.323 e. The fourth-order valence-electron chi connectivity index (χ4n) is 2.50. The number of esters is 1. The van der Waals surface area contributed by atoms with Crippen LogP contribution in [0.4, 0.5) is 0 Å². The molecule has 2 aromatic rings. The van der Waals surface area contributed by atoms with Crippen molar-refractivity contribution < 1.29 is 19.1 Å². The number of ether oxygens (including phenoxy) is 1. The Bertz CT molecular complexity index is 824. The highest BCUT2D eigenvalue weighted by molar-refractivity contribution is 6.35. The van der Waals surface area contributed by atoms with Crippen LogP contribution in [0.1, 0.15) is 24.9 Å². The highest BCUT2D eigenvalue weighted by atomic mass is 35.5. The summed E-state index contributed by atoms with van der Waals surface area (Å²) in [7, 11) is 0. The van der Waals surface area contributed by atoms with Crippen molar-refractivity contribution in [3.8, 4) is 11.1 Å². The van der Waals surface area contributed by atoms with Gasteiger partial charge in [-0.1, -0.05) is 48.0 Å². The topological polar surface area (TPSA) is 111 Å². The molecule has 4 N–H and O–H groups in total. The fraction of sp³-hybridized carbons (Fsp3) is 0.211. The lowest BCUT2D eigenvalue weighted by Gasteiger charge is -2.18. The van der Waals surface area contributed by atoms with Crippen molar-refractivity contribution in [2.24, 2.45) is 5.84 Å². The Kier molecular flexibility index (Phi) is 7.34. The van der Waals surface area contributed by atoms with E-state index in [1.165, 1.54) is 0 Å². The first-order chi connectivity index (χ1) is 12.9. The molecule has 0 saturated heterocycles. The molecule has 1 atom stereocenters. The molecule has 0 aromatic heterocycles. The SMILES string of the molecule is CCOC(=O)CC(NC(=O)C(=O)NN)c1ccc(-c2cccc(Cl)c2)cc1. The van der Waals surface area contributed by atoms with E-state index < -0.39 is 23.8 Å². The van der Waals surface area contributed by atoms with Gasteiger partial charge in [-0.05, 0) is 35.7 Å². The molecule has 1 unspecified atom stereocenters. The number of hydrogen-bond donors (Lipinski definition) is 3. The molecule has 0 heterocycles. The number of carbonyl (C=O) groups excluding carboxylic acids is 3. The summed E-state index contributed by atoms with van der Waals surface area (Å²) in [6, 6.07) is 13.9. The van der Waals surface area contributed by atoms with E-state index in [-0.39, 0.29) is 13.0 Å². The van der Waals surface area contributed by atoms with Gasteiger partial charge in [-0.15, -0.1) is 0 Å². The summed E-state index contributed by atoms with van der Waals surface area (Å²) in [5.41, 5.74) is 4.25. The van der Waals surface area contributed by atoms with Crippen molar-refractivity contribution in [3.63, 3.8) is 0 Å². The van der Waals surface area contributed by atoms with E-state index >= 15 is 0 Å². The lowest BCUT2D eigenvalue weighted by Crippen LogP contribution is -2.44. The zero-order valence-corrected chi connectivity index (χ0v) is 15.5. The molecule has 142 valence electrons. The summed E-state index contributed by atoms with van der Waals surface area (Å²) in [6.07, 6.45) is -0.117. The van der Waals surface area contributed by atoms with Crippen LogP contribution in [-0.4, -0.2) is 24.4 Å². The number of amides is 2. The minimum atomic E-state index is -1.00. The number of nitrogens with two attached hydrogens (primary N) is 1. The molecular weight excluding hydrogens is 370 g/mol. The second kappa shape index (κ2) is 9.70. The second-order valence-electron chi connectivity index (χ2n) is 5.64. The van der Waals surface area contributed by atoms with E-state index in [1.54, 1.807) is 30.5 Å². The van der Waals surface area contributed by atoms with Gasteiger partial charge in [0.05, 0.1) is 19.1 Å². The van der Waals surface area contributed by atoms with Crippen LogP contribution >= 0.6 is 11.6 Å². The van der Waals surface area contributed by atoms with Gasteiger partial charge in [0, 0.05) is 5.02 Å². The summed E-state index contributed by atoms with van der Waals surface area (Å²) in [5, 5.41) is 3.11. The molecule has 8 heteroatoms. The first-order valence-electron chi connectivity index (χ1n) is 8.27. The normalized spacial score (nSPS) is 11.4. The molecule has 0 aliphatic heterocycles. The van der Waals surface area contributed by atoms with E-state index in [0.717, 1.165) is 11.1 Å². The standard InChI is InChI=1S/C19H20ClN3O4/c1-2-27-17(24)11-16(22-18(25)19(26)23-21)13-8-6-12(7-9-13)14-4-3-5-15(20)10-14/h3-10,16H,2,11,21H2,1H3,(H,22,25)(H,23,26). The third-order valence-corrected chi connectivity index (χ3v) is 4.02. The average Bonchev–Trinajstić information content (AvgIpc) is 2.67. The van der Waals surface area contributed by atoms with E-state index in [2.05, 4.69) is 5.32 Å². The zero-order chi connectivity index (χ0) is 19.8. The van der Waals surface area contributed by atoms with E-state index in [9.17, 15) is 14.4 Å². The Morgan fingerprint density at radius 3 is 2.37 bits per heavy atom. The molecule has 0 aliphatic carbocycles.